The van der Waals surface area contributed by atoms with Gasteiger partial charge in [-0.25, -0.2) is 9.18 Å². The molecule has 36 heavy (non-hydrogen) atoms. The fraction of sp³-hybridized carbons (Fsp3) is 0.296. The van der Waals surface area contributed by atoms with Crippen molar-refractivity contribution in [3.05, 3.63) is 88.0 Å². The summed E-state index contributed by atoms with van der Waals surface area (Å²) in [5.41, 5.74) is 4.29. The first kappa shape index (κ1) is 22.3. The summed E-state index contributed by atoms with van der Waals surface area (Å²) < 4.78 is 22.4. The van der Waals surface area contributed by atoms with Crippen LogP contribution in [0.15, 0.2) is 59.7 Å². The molecule has 0 radical (unpaired) electrons. The summed E-state index contributed by atoms with van der Waals surface area (Å²) in [7, 11) is 2.01. The number of carbonyl (C=O) groups is 1. The molecule has 2 bridgehead atoms. The smallest absolute Gasteiger partial charge is 0.408 e. The normalized spacial score (nSPS) is 18.8. The number of hydrogen-bond donors (Lipinski definition) is 1. The van der Waals surface area contributed by atoms with Crippen LogP contribution in [0.4, 0.5) is 9.18 Å². The maximum Gasteiger partial charge on any atom is 0.408 e. The maximum absolute atomic E-state index is 13.0. The van der Waals surface area contributed by atoms with Crippen LogP contribution in [0.5, 0.6) is 5.75 Å². The van der Waals surface area contributed by atoms with Crippen molar-refractivity contribution in [2.75, 3.05) is 0 Å². The predicted octanol–water partition coefficient (Wildman–Crippen LogP) is 4.57. The molecule has 1 saturated heterocycles. The van der Waals surface area contributed by atoms with Gasteiger partial charge >= 0.3 is 6.09 Å². The average Bonchev–Trinajstić information content (AvgIpc) is 3.14. The Morgan fingerprint density at radius 3 is 2.81 bits per heavy atom. The van der Waals surface area contributed by atoms with E-state index in [1.54, 1.807) is 21.7 Å². The second-order valence-corrected chi connectivity index (χ2v) is 9.44. The molecule has 1 aromatic carbocycles. The molecule has 8 nitrogen and oxygen atoms in total. The number of halogens is 1. The number of carboxylic acid groups (broad SMARTS) is 1. The summed E-state index contributed by atoms with van der Waals surface area (Å²) in [6.45, 7) is 0.125. The zero-order chi connectivity index (χ0) is 25.0. The van der Waals surface area contributed by atoms with Gasteiger partial charge in [-0.1, -0.05) is 6.07 Å². The highest BCUT2D eigenvalue weighted by Crippen LogP contribution is 2.46. The first-order chi connectivity index (χ1) is 17.4. The van der Waals surface area contributed by atoms with E-state index in [0.717, 1.165) is 47.6 Å². The van der Waals surface area contributed by atoms with Crippen molar-refractivity contribution < 1.29 is 19.0 Å². The second-order valence-electron chi connectivity index (χ2n) is 9.44. The van der Waals surface area contributed by atoms with Gasteiger partial charge in [-0.05, 0) is 49.6 Å². The molecule has 9 heteroatoms. The Morgan fingerprint density at radius 2 is 2.06 bits per heavy atom. The minimum Gasteiger partial charge on any atom is -0.487 e. The fourth-order valence-electron chi connectivity index (χ4n) is 5.76. The van der Waals surface area contributed by atoms with Crippen LogP contribution < -0.4 is 10.3 Å². The zero-order valence-corrected chi connectivity index (χ0v) is 19.7. The standard InChI is InChI=1S/C27H25FN4O4/c1-30-23-11-18(31-10-9-20(13-25(31)33)36-15-17-6-5-16(28)14-29-17)7-8-21(23)26-22-4-2-3-19(12-24(26)30)32(22)27(34)35/h5-11,13-14,19,22H,2-4,12,15H2,1H3,(H,34,35). The Labute approximate surface area is 206 Å². The van der Waals surface area contributed by atoms with E-state index in [9.17, 15) is 19.1 Å². The number of aromatic nitrogens is 3. The van der Waals surface area contributed by atoms with Crippen LogP contribution in [0.25, 0.3) is 16.6 Å². The molecular formula is C27H25FN4O4. The van der Waals surface area contributed by atoms with Crippen LogP contribution in [0, 0.1) is 5.82 Å². The quantitative estimate of drug-likeness (QED) is 0.455. The predicted molar refractivity (Wildman–Crippen MR) is 131 cm³/mol. The highest BCUT2D eigenvalue weighted by molar-refractivity contribution is 5.89. The lowest BCUT2D eigenvalue weighted by Gasteiger charge is -2.44. The van der Waals surface area contributed by atoms with Crippen LogP contribution in [0.2, 0.25) is 0 Å². The molecule has 2 aliphatic rings. The molecule has 5 heterocycles. The van der Waals surface area contributed by atoms with Crippen molar-refractivity contribution in [1.82, 2.24) is 19.0 Å². The van der Waals surface area contributed by atoms with Gasteiger partial charge in [0.15, 0.2) is 0 Å². The van der Waals surface area contributed by atoms with Crippen molar-refractivity contribution in [3.8, 4) is 11.4 Å². The largest absolute Gasteiger partial charge is 0.487 e. The van der Waals surface area contributed by atoms with E-state index in [0.29, 0.717) is 17.9 Å². The van der Waals surface area contributed by atoms with E-state index < -0.39 is 11.9 Å². The Balaban J connectivity index is 1.32. The third-order valence-electron chi connectivity index (χ3n) is 7.42. The minimum atomic E-state index is -0.854. The van der Waals surface area contributed by atoms with E-state index in [1.807, 2.05) is 25.2 Å². The van der Waals surface area contributed by atoms with Crippen LogP contribution in [-0.2, 0) is 20.1 Å². The number of fused-ring (bicyclic) bond motifs is 6. The zero-order valence-electron chi connectivity index (χ0n) is 19.7. The van der Waals surface area contributed by atoms with Gasteiger partial charge in [0.25, 0.3) is 5.56 Å². The molecule has 1 amide bonds. The topological polar surface area (TPSA) is 89.6 Å². The average molecular weight is 489 g/mol. The first-order valence-corrected chi connectivity index (χ1v) is 12.0. The lowest BCUT2D eigenvalue weighted by Crippen LogP contribution is -2.49. The van der Waals surface area contributed by atoms with Gasteiger partial charge in [0.1, 0.15) is 18.2 Å². The van der Waals surface area contributed by atoms with Gasteiger partial charge in [-0.2, -0.15) is 0 Å². The number of aryl methyl sites for hydroxylation is 1. The molecule has 184 valence electrons. The lowest BCUT2D eigenvalue weighted by molar-refractivity contribution is 0.0622. The van der Waals surface area contributed by atoms with E-state index in [1.165, 1.54) is 23.9 Å². The van der Waals surface area contributed by atoms with Crippen LogP contribution in [-0.4, -0.2) is 36.3 Å². The number of hydrogen-bond acceptors (Lipinski definition) is 4. The molecule has 0 saturated carbocycles. The number of benzene rings is 1. The van der Waals surface area contributed by atoms with Crippen molar-refractivity contribution in [1.29, 1.82) is 0 Å². The van der Waals surface area contributed by atoms with Crippen molar-refractivity contribution in [2.24, 2.45) is 7.05 Å². The molecule has 0 aliphatic carbocycles. The van der Waals surface area contributed by atoms with Crippen LogP contribution in [0.1, 0.15) is 42.3 Å². The Morgan fingerprint density at radius 1 is 1.19 bits per heavy atom. The molecule has 3 aromatic heterocycles. The van der Waals surface area contributed by atoms with Gasteiger partial charge < -0.3 is 14.4 Å². The summed E-state index contributed by atoms with van der Waals surface area (Å²) in [4.78, 5) is 30.5. The summed E-state index contributed by atoms with van der Waals surface area (Å²) in [6, 6.07) is 11.7. The highest BCUT2D eigenvalue weighted by Gasteiger charge is 2.42. The van der Waals surface area contributed by atoms with E-state index >= 15 is 0 Å². The van der Waals surface area contributed by atoms with E-state index in [2.05, 4.69) is 9.55 Å². The third kappa shape index (κ3) is 3.62. The van der Waals surface area contributed by atoms with Crippen molar-refractivity contribution in [2.45, 2.75) is 44.4 Å². The van der Waals surface area contributed by atoms with Gasteiger partial charge in [-0.15, -0.1) is 0 Å². The summed E-state index contributed by atoms with van der Waals surface area (Å²) in [5, 5.41) is 10.9. The van der Waals surface area contributed by atoms with Crippen LogP contribution >= 0.6 is 0 Å². The second kappa shape index (κ2) is 8.51. The number of pyridine rings is 2. The third-order valence-corrected chi connectivity index (χ3v) is 7.42. The molecule has 0 spiro atoms. The van der Waals surface area contributed by atoms with E-state index in [4.69, 9.17) is 4.74 Å². The molecule has 2 atom stereocenters. The van der Waals surface area contributed by atoms with E-state index in [-0.39, 0.29) is 24.2 Å². The lowest BCUT2D eigenvalue weighted by atomic mass is 9.82. The molecule has 2 unspecified atom stereocenters. The monoisotopic (exact) mass is 488 g/mol. The number of piperidine rings is 1. The molecule has 1 fully saturated rings. The highest BCUT2D eigenvalue weighted by atomic mass is 19.1. The molecule has 2 aliphatic heterocycles. The number of nitrogens with zero attached hydrogens (tertiary/aromatic N) is 4. The molecular weight excluding hydrogens is 463 g/mol. The van der Waals surface area contributed by atoms with Gasteiger partial charge in [-0.3, -0.25) is 19.2 Å². The molecule has 1 N–H and O–H groups in total. The van der Waals surface area contributed by atoms with Crippen molar-refractivity contribution in [3.63, 3.8) is 0 Å². The van der Waals surface area contributed by atoms with Crippen molar-refractivity contribution >= 4 is 17.0 Å². The van der Waals surface area contributed by atoms with Gasteiger partial charge in [0, 0.05) is 48.4 Å². The van der Waals surface area contributed by atoms with Crippen LogP contribution in [0.3, 0.4) is 0 Å². The number of amides is 1. The van der Waals surface area contributed by atoms with Gasteiger partial charge in [0.05, 0.1) is 29.1 Å². The Kier molecular flexibility index (Phi) is 5.28. The molecule has 6 rings (SSSR count). The SMILES string of the molecule is Cn1c2c(c3ccc(-n4ccc(OCc5ccc(F)cn5)cc4=O)cc31)C1CCCC(C2)N1C(=O)O. The fourth-order valence-corrected chi connectivity index (χ4v) is 5.76. The number of rotatable bonds is 4. The first-order valence-electron chi connectivity index (χ1n) is 12.0. The minimum absolute atomic E-state index is 0.0107. The summed E-state index contributed by atoms with van der Waals surface area (Å²) >= 11 is 0. The maximum atomic E-state index is 13.0. The number of ether oxygens (including phenoxy) is 1. The Hall–Kier alpha value is -4.14. The molecule has 4 aromatic rings. The van der Waals surface area contributed by atoms with Gasteiger partial charge in [0.2, 0.25) is 0 Å². The summed E-state index contributed by atoms with van der Waals surface area (Å²) in [5.74, 6) is -0.0153. The summed E-state index contributed by atoms with van der Waals surface area (Å²) in [6.07, 6.45) is 5.37. The Bertz CT molecular complexity index is 1540.